The molecule has 5 heteroatoms. The molecule has 0 saturated carbocycles. The number of likely N-dealkylation sites (N-methyl/N-ethyl adjacent to an activating group) is 1. The number of nitrogens with one attached hydrogen (secondary N) is 1. The van der Waals surface area contributed by atoms with Crippen LogP contribution in [0.1, 0.15) is 23.7 Å². The van der Waals surface area contributed by atoms with Gasteiger partial charge in [-0.25, -0.2) is 0 Å². The van der Waals surface area contributed by atoms with Crippen molar-refractivity contribution in [3.05, 3.63) is 35.9 Å². The maximum Gasteiger partial charge on any atom is 0.257 e. The summed E-state index contributed by atoms with van der Waals surface area (Å²) in [5.41, 5.74) is 0.467. The molecule has 0 bridgehead atoms. The van der Waals surface area contributed by atoms with E-state index in [-0.39, 0.29) is 25.0 Å². The number of hydrogen-bond donors (Lipinski definition) is 2. The van der Waals surface area contributed by atoms with Gasteiger partial charge in [0.1, 0.15) is 0 Å². The van der Waals surface area contributed by atoms with Crippen LogP contribution in [0.3, 0.4) is 0 Å². The fourth-order valence-corrected chi connectivity index (χ4v) is 1.67. The van der Waals surface area contributed by atoms with Crippen LogP contribution in [0, 0.1) is 0 Å². The van der Waals surface area contributed by atoms with Crippen molar-refractivity contribution in [2.75, 3.05) is 26.2 Å². The first-order valence-electron chi connectivity index (χ1n) is 6.39. The molecule has 0 aliphatic carbocycles. The monoisotopic (exact) mass is 264 g/mol. The predicted molar refractivity (Wildman–Crippen MR) is 72.7 cm³/mol. The van der Waals surface area contributed by atoms with Crippen molar-refractivity contribution in [3.63, 3.8) is 0 Å². The summed E-state index contributed by atoms with van der Waals surface area (Å²) in [5.74, 6) is -0.711. The Hall–Kier alpha value is -1.72. The number of amides is 2. The first kappa shape index (κ1) is 15.3. The Labute approximate surface area is 113 Å². The lowest BCUT2D eigenvalue weighted by molar-refractivity contribution is -0.121. The van der Waals surface area contributed by atoms with E-state index in [9.17, 15) is 9.59 Å². The van der Waals surface area contributed by atoms with Crippen LogP contribution >= 0.6 is 0 Å². The topological polar surface area (TPSA) is 69.6 Å². The Kier molecular flexibility index (Phi) is 6.78. The highest BCUT2D eigenvalue weighted by Gasteiger charge is 2.12. The zero-order valence-corrected chi connectivity index (χ0v) is 11.1. The Bertz CT molecular complexity index is 406. The third kappa shape index (κ3) is 5.63. The van der Waals surface area contributed by atoms with E-state index in [1.165, 1.54) is 0 Å². The third-order valence-electron chi connectivity index (χ3n) is 2.74. The molecular formula is C14H20N2O3. The number of nitrogens with zero attached hydrogens (tertiary/aromatic N) is 1. The number of carbonyl (C=O) groups is 2. The summed E-state index contributed by atoms with van der Waals surface area (Å²) in [7, 11) is 0. The van der Waals surface area contributed by atoms with Gasteiger partial charge in [-0.3, -0.25) is 19.8 Å². The van der Waals surface area contributed by atoms with E-state index in [1.54, 1.807) is 24.3 Å². The van der Waals surface area contributed by atoms with Gasteiger partial charge in [-0.15, -0.1) is 0 Å². The SMILES string of the molecule is CCN(CCCO)CC(=O)NC(=O)c1ccccc1. The molecule has 19 heavy (non-hydrogen) atoms. The number of aliphatic hydroxyl groups is 1. The quantitative estimate of drug-likeness (QED) is 0.758. The molecule has 2 amide bonds. The summed E-state index contributed by atoms with van der Waals surface area (Å²) in [4.78, 5) is 25.4. The molecule has 0 spiro atoms. The van der Waals surface area contributed by atoms with Crippen LogP contribution in [0.5, 0.6) is 0 Å². The van der Waals surface area contributed by atoms with Crippen molar-refractivity contribution >= 4 is 11.8 Å². The predicted octanol–water partition coefficient (Wildman–Crippen LogP) is 0.647. The van der Waals surface area contributed by atoms with E-state index in [0.717, 1.165) is 0 Å². The summed E-state index contributed by atoms with van der Waals surface area (Å²) in [6.45, 7) is 3.53. The lowest BCUT2D eigenvalue weighted by Crippen LogP contribution is -2.40. The fraction of sp³-hybridized carbons (Fsp3) is 0.429. The Morgan fingerprint density at radius 2 is 1.95 bits per heavy atom. The standard InChI is InChI=1S/C14H20N2O3/c1-2-16(9-6-10-17)11-13(18)15-14(19)12-7-4-3-5-8-12/h3-5,7-8,17H,2,6,9-11H2,1H3,(H,15,18,19). The minimum Gasteiger partial charge on any atom is -0.396 e. The van der Waals surface area contributed by atoms with Gasteiger partial charge in [-0.1, -0.05) is 25.1 Å². The van der Waals surface area contributed by atoms with Gasteiger partial charge >= 0.3 is 0 Å². The molecular weight excluding hydrogens is 244 g/mol. The number of hydrogen-bond acceptors (Lipinski definition) is 4. The Balaban J connectivity index is 2.44. The number of benzene rings is 1. The molecule has 1 aromatic rings. The lowest BCUT2D eigenvalue weighted by Gasteiger charge is -2.18. The van der Waals surface area contributed by atoms with Crippen molar-refractivity contribution in [1.29, 1.82) is 0 Å². The van der Waals surface area contributed by atoms with Crippen LogP contribution < -0.4 is 5.32 Å². The molecule has 0 atom stereocenters. The van der Waals surface area contributed by atoms with Crippen molar-refractivity contribution in [3.8, 4) is 0 Å². The minimum absolute atomic E-state index is 0.0983. The first-order valence-corrected chi connectivity index (χ1v) is 6.39. The maximum atomic E-state index is 11.7. The van der Waals surface area contributed by atoms with Crippen LogP contribution in [0.25, 0.3) is 0 Å². The Morgan fingerprint density at radius 1 is 1.26 bits per heavy atom. The van der Waals surface area contributed by atoms with Gasteiger partial charge < -0.3 is 5.11 Å². The Morgan fingerprint density at radius 3 is 2.53 bits per heavy atom. The molecule has 1 aromatic carbocycles. The van der Waals surface area contributed by atoms with Gasteiger partial charge in [-0.05, 0) is 25.1 Å². The van der Waals surface area contributed by atoms with E-state index in [0.29, 0.717) is 25.1 Å². The lowest BCUT2D eigenvalue weighted by atomic mass is 10.2. The highest BCUT2D eigenvalue weighted by atomic mass is 16.3. The molecule has 104 valence electrons. The number of aliphatic hydroxyl groups excluding tert-OH is 1. The van der Waals surface area contributed by atoms with Gasteiger partial charge in [0, 0.05) is 18.7 Å². The van der Waals surface area contributed by atoms with Crippen LogP contribution in [0.15, 0.2) is 30.3 Å². The fourth-order valence-electron chi connectivity index (χ4n) is 1.67. The minimum atomic E-state index is -0.385. The van der Waals surface area contributed by atoms with Crippen molar-refractivity contribution in [2.45, 2.75) is 13.3 Å². The summed E-state index contributed by atoms with van der Waals surface area (Å²) < 4.78 is 0. The summed E-state index contributed by atoms with van der Waals surface area (Å²) in [6.07, 6.45) is 0.619. The molecule has 0 unspecified atom stereocenters. The summed E-state index contributed by atoms with van der Waals surface area (Å²) in [6, 6.07) is 8.63. The van der Waals surface area contributed by atoms with Gasteiger partial charge in [-0.2, -0.15) is 0 Å². The molecule has 0 saturated heterocycles. The highest BCUT2D eigenvalue weighted by Crippen LogP contribution is 1.98. The third-order valence-corrected chi connectivity index (χ3v) is 2.74. The molecule has 2 N–H and O–H groups in total. The van der Waals surface area contributed by atoms with Crippen molar-refractivity contribution < 1.29 is 14.7 Å². The zero-order chi connectivity index (χ0) is 14.1. The summed E-state index contributed by atoms with van der Waals surface area (Å²) in [5, 5.41) is 11.1. The smallest absolute Gasteiger partial charge is 0.257 e. The molecule has 0 aromatic heterocycles. The van der Waals surface area contributed by atoms with Crippen LogP contribution in [0.4, 0.5) is 0 Å². The molecule has 0 heterocycles. The first-order chi connectivity index (χ1) is 9.17. The average Bonchev–Trinajstić information content (AvgIpc) is 2.44. The normalized spacial score (nSPS) is 10.5. The number of carbonyl (C=O) groups excluding carboxylic acids is 2. The van der Waals surface area contributed by atoms with Crippen molar-refractivity contribution in [2.24, 2.45) is 0 Å². The van der Waals surface area contributed by atoms with E-state index in [4.69, 9.17) is 5.11 Å². The zero-order valence-electron chi connectivity index (χ0n) is 11.1. The number of imide groups is 1. The van der Waals surface area contributed by atoms with Gasteiger partial charge in [0.25, 0.3) is 5.91 Å². The molecule has 5 nitrogen and oxygen atoms in total. The van der Waals surface area contributed by atoms with Crippen LogP contribution in [-0.4, -0.2) is 48.1 Å². The molecule has 0 radical (unpaired) electrons. The van der Waals surface area contributed by atoms with Crippen molar-refractivity contribution in [1.82, 2.24) is 10.2 Å². The molecule has 0 aliphatic rings. The summed E-state index contributed by atoms with van der Waals surface area (Å²) >= 11 is 0. The second-order valence-electron chi connectivity index (χ2n) is 4.19. The van der Waals surface area contributed by atoms with Gasteiger partial charge in [0.05, 0.1) is 6.54 Å². The number of rotatable bonds is 7. The van der Waals surface area contributed by atoms with E-state index in [1.807, 2.05) is 17.9 Å². The van der Waals surface area contributed by atoms with Crippen LogP contribution in [0.2, 0.25) is 0 Å². The molecule has 0 fully saturated rings. The van der Waals surface area contributed by atoms with E-state index in [2.05, 4.69) is 5.32 Å². The maximum absolute atomic E-state index is 11.7. The second kappa shape index (κ2) is 8.39. The van der Waals surface area contributed by atoms with Gasteiger partial charge in [0.15, 0.2) is 0 Å². The van der Waals surface area contributed by atoms with E-state index >= 15 is 0 Å². The second-order valence-corrected chi connectivity index (χ2v) is 4.19. The molecule has 1 rings (SSSR count). The molecule has 0 aliphatic heterocycles. The van der Waals surface area contributed by atoms with Gasteiger partial charge in [0.2, 0.25) is 5.91 Å². The largest absolute Gasteiger partial charge is 0.396 e. The van der Waals surface area contributed by atoms with E-state index < -0.39 is 0 Å². The average molecular weight is 264 g/mol. The van der Waals surface area contributed by atoms with Crippen LogP contribution in [-0.2, 0) is 4.79 Å². The highest BCUT2D eigenvalue weighted by molar-refractivity contribution is 6.05.